The lowest BCUT2D eigenvalue weighted by molar-refractivity contribution is -0.119. The number of fused-ring (bicyclic) bond motifs is 3. The van der Waals surface area contributed by atoms with Crippen molar-refractivity contribution in [3.8, 4) is 11.5 Å². The number of hydroxylamine groups is 1. The Labute approximate surface area is 185 Å². The van der Waals surface area contributed by atoms with Gasteiger partial charge in [-0.25, -0.2) is 15.3 Å². The molecule has 3 aliphatic rings. The van der Waals surface area contributed by atoms with E-state index in [0.717, 1.165) is 34.2 Å². The number of nitrogens with zero attached hydrogens (tertiary/aromatic N) is 2. The van der Waals surface area contributed by atoms with Crippen LogP contribution in [0.5, 0.6) is 11.5 Å². The first-order chi connectivity index (χ1) is 15.4. The molecule has 0 radical (unpaired) electrons. The number of nitrogens with one attached hydrogen (secondary N) is 3. The van der Waals surface area contributed by atoms with E-state index < -0.39 is 11.9 Å². The number of carbonyl (C=O) groups excluding carboxylic acids is 1. The zero-order valence-corrected chi connectivity index (χ0v) is 17.7. The van der Waals surface area contributed by atoms with Crippen molar-refractivity contribution in [1.29, 1.82) is 0 Å². The zero-order valence-electron chi connectivity index (χ0n) is 17.7. The second-order valence-corrected chi connectivity index (χ2v) is 7.83. The molecular formula is C22H24N6O4. The van der Waals surface area contributed by atoms with Gasteiger partial charge >= 0.3 is 5.97 Å². The van der Waals surface area contributed by atoms with Crippen LogP contribution in [0.15, 0.2) is 58.9 Å². The highest BCUT2D eigenvalue weighted by molar-refractivity contribution is 5.85. The third-order valence-electron chi connectivity index (χ3n) is 5.32. The molecule has 5 N–H and O–H groups in total. The first-order valence-corrected chi connectivity index (χ1v) is 10.3. The van der Waals surface area contributed by atoms with Crippen LogP contribution in [-0.2, 0) is 9.63 Å². The number of amides is 1. The fraction of sp³-hybridized carbons (Fsp3) is 0.273. The van der Waals surface area contributed by atoms with Gasteiger partial charge in [0.05, 0.1) is 17.8 Å². The van der Waals surface area contributed by atoms with Crippen LogP contribution in [0.4, 0.5) is 17.1 Å². The van der Waals surface area contributed by atoms with E-state index in [9.17, 15) is 4.79 Å². The number of benzene rings is 2. The highest BCUT2D eigenvalue weighted by atomic mass is 16.7. The molecule has 2 unspecified atom stereocenters. The van der Waals surface area contributed by atoms with Crippen molar-refractivity contribution in [3.63, 3.8) is 0 Å². The van der Waals surface area contributed by atoms with E-state index in [1.807, 2.05) is 54.3 Å². The molecule has 32 heavy (non-hydrogen) atoms. The SMILES string of the molecule is CC1=C2NOC(Nc3ccc(OC(C)CC(N)=O)cc3)(N=C1)N2c1ccc2c(c1)NCO2. The molecule has 1 saturated heterocycles. The summed E-state index contributed by atoms with van der Waals surface area (Å²) in [5.41, 5.74) is 11.7. The van der Waals surface area contributed by atoms with Gasteiger partial charge in [0, 0.05) is 17.5 Å². The summed E-state index contributed by atoms with van der Waals surface area (Å²) in [6.07, 6.45) is 1.62. The van der Waals surface area contributed by atoms with E-state index >= 15 is 0 Å². The monoisotopic (exact) mass is 436 g/mol. The van der Waals surface area contributed by atoms with Crippen LogP contribution in [0.1, 0.15) is 20.3 Å². The van der Waals surface area contributed by atoms with Crippen molar-refractivity contribution in [1.82, 2.24) is 5.48 Å². The molecule has 1 fully saturated rings. The lowest BCUT2D eigenvalue weighted by Crippen LogP contribution is -2.51. The number of anilines is 3. The minimum absolute atomic E-state index is 0.154. The first kappa shape index (κ1) is 20.0. The lowest BCUT2D eigenvalue weighted by atomic mass is 10.2. The molecule has 10 heteroatoms. The van der Waals surface area contributed by atoms with Crippen molar-refractivity contribution in [2.45, 2.75) is 32.3 Å². The summed E-state index contributed by atoms with van der Waals surface area (Å²) in [5, 5.41) is 6.57. The van der Waals surface area contributed by atoms with E-state index in [0.29, 0.717) is 12.5 Å². The largest absolute Gasteiger partial charge is 0.490 e. The maximum absolute atomic E-state index is 11.1. The van der Waals surface area contributed by atoms with E-state index in [4.69, 9.17) is 20.0 Å². The quantitative estimate of drug-likeness (QED) is 0.522. The molecule has 0 spiro atoms. The molecule has 5 rings (SSSR count). The third kappa shape index (κ3) is 3.54. The highest BCUT2D eigenvalue weighted by Gasteiger charge is 2.49. The Morgan fingerprint density at radius 2 is 2.16 bits per heavy atom. The maximum atomic E-state index is 11.1. The van der Waals surface area contributed by atoms with Gasteiger partial charge in [0.2, 0.25) is 5.91 Å². The van der Waals surface area contributed by atoms with Crippen molar-refractivity contribution >= 4 is 29.2 Å². The Kier molecular flexibility index (Phi) is 4.78. The number of hydrogen-bond acceptors (Lipinski definition) is 9. The van der Waals surface area contributed by atoms with Crippen LogP contribution < -0.4 is 36.2 Å². The molecule has 166 valence electrons. The number of rotatable bonds is 7. The summed E-state index contributed by atoms with van der Waals surface area (Å²) in [6.45, 7) is 4.21. The molecule has 2 bridgehead atoms. The molecule has 2 atom stereocenters. The molecule has 10 nitrogen and oxygen atoms in total. The minimum Gasteiger partial charge on any atom is -0.490 e. The Hall–Kier alpha value is -3.92. The second-order valence-electron chi connectivity index (χ2n) is 7.83. The lowest BCUT2D eigenvalue weighted by Gasteiger charge is -2.36. The van der Waals surface area contributed by atoms with Crippen molar-refractivity contribution < 1.29 is 19.1 Å². The van der Waals surface area contributed by atoms with Crippen molar-refractivity contribution in [2.24, 2.45) is 10.7 Å². The number of carbonyl (C=O) groups is 1. The molecule has 3 heterocycles. The van der Waals surface area contributed by atoms with Crippen LogP contribution in [0.2, 0.25) is 0 Å². The highest BCUT2D eigenvalue weighted by Crippen LogP contribution is 2.42. The van der Waals surface area contributed by atoms with Gasteiger partial charge in [0.15, 0.2) is 6.73 Å². The van der Waals surface area contributed by atoms with Gasteiger partial charge in [-0.15, -0.1) is 0 Å². The Balaban J connectivity index is 1.39. The van der Waals surface area contributed by atoms with Crippen LogP contribution in [0, 0.1) is 0 Å². The van der Waals surface area contributed by atoms with Crippen LogP contribution >= 0.6 is 0 Å². The van der Waals surface area contributed by atoms with E-state index in [-0.39, 0.29) is 12.5 Å². The van der Waals surface area contributed by atoms with Gasteiger partial charge in [-0.3, -0.25) is 9.69 Å². The van der Waals surface area contributed by atoms with Crippen LogP contribution in [-0.4, -0.2) is 30.9 Å². The first-order valence-electron chi connectivity index (χ1n) is 10.3. The maximum Gasteiger partial charge on any atom is 0.351 e. The van der Waals surface area contributed by atoms with E-state index in [1.54, 1.807) is 13.1 Å². The summed E-state index contributed by atoms with van der Waals surface area (Å²) >= 11 is 0. The number of nitrogens with two attached hydrogens (primary N) is 1. The summed E-state index contributed by atoms with van der Waals surface area (Å²) < 4.78 is 11.3. The Morgan fingerprint density at radius 1 is 1.34 bits per heavy atom. The average Bonchev–Trinajstić information content (AvgIpc) is 3.33. The fourth-order valence-electron chi connectivity index (χ4n) is 3.84. The number of ether oxygens (including phenoxy) is 2. The van der Waals surface area contributed by atoms with Crippen molar-refractivity contribution in [3.05, 3.63) is 53.9 Å². The van der Waals surface area contributed by atoms with Gasteiger partial charge < -0.3 is 25.8 Å². The average molecular weight is 436 g/mol. The fourth-order valence-corrected chi connectivity index (χ4v) is 3.84. The number of allylic oxidation sites excluding steroid dienone is 1. The number of primary amides is 1. The molecule has 1 amide bonds. The van der Waals surface area contributed by atoms with E-state index in [2.05, 4.69) is 21.1 Å². The summed E-state index contributed by atoms with van der Waals surface area (Å²) in [5.74, 6) is 0.640. The Bertz CT molecular complexity index is 1120. The summed E-state index contributed by atoms with van der Waals surface area (Å²) in [4.78, 5) is 23.6. The number of hydrogen-bond donors (Lipinski definition) is 4. The topological polar surface area (TPSA) is 122 Å². The molecule has 3 aliphatic heterocycles. The smallest absolute Gasteiger partial charge is 0.351 e. The normalized spacial score (nSPS) is 21.4. The Morgan fingerprint density at radius 3 is 2.94 bits per heavy atom. The van der Waals surface area contributed by atoms with Gasteiger partial charge in [0.1, 0.15) is 23.4 Å². The van der Waals surface area contributed by atoms with E-state index in [1.165, 1.54) is 0 Å². The van der Waals surface area contributed by atoms with Gasteiger partial charge in [-0.1, -0.05) is 0 Å². The third-order valence-corrected chi connectivity index (χ3v) is 5.32. The van der Waals surface area contributed by atoms with Gasteiger partial charge in [-0.2, -0.15) is 0 Å². The second kappa shape index (κ2) is 7.65. The van der Waals surface area contributed by atoms with Crippen LogP contribution in [0.3, 0.4) is 0 Å². The van der Waals surface area contributed by atoms with Gasteiger partial charge in [-0.05, 0) is 56.3 Å². The predicted octanol–water partition coefficient (Wildman–Crippen LogP) is 2.47. The summed E-state index contributed by atoms with van der Waals surface area (Å²) in [7, 11) is 0. The summed E-state index contributed by atoms with van der Waals surface area (Å²) in [6, 6.07) is 13.2. The minimum atomic E-state index is -1.20. The molecule has 0 aliphatic carbocycles. The molecule has 0 aromatic heterocycles. The van der Waals surface area contributed by atoms with Crippen molar-refractivity contribution in [2.75, 3.05) is 22.3 Å². The predicted molar refractivity (Wildman–Crippen MR) is 120 cm³/mol. The zero-order chi connectivity index (χ0) is 22.3. The molecule has 2 aromatic rings. The molecule has 0 saturated carbocycles. The standard InChI is InChI=1S/C22H24N6O4/c1-13-11-25-22(26-15-3-6-17(7-4-15)31-14(2)9-20(23)29)28(21(13)27-32-22)16-5-8-19-18(10-16)24-12-30-19/h3-8,10-11,14,24,26-27H,9,12H2,1-2H3,(H2,23,29). The molecular weight excluding hydrogens is 412 g/mol. The van der Waals surface area contributed by atoms with Gasteiger partial charge in [0.25, 0.3) is 0 Å². The molecule has 2 aromatic carbocycles. The van der Waals surface area contributed by atoms with Crippen LogP contribution in [0.25, 0.3) is 0 Å². The number of aliphatic imine (C=N–C) groups is 1.